The number of aromatic amines is 1. The van der Waals surface area contributed by atoms with Crippen LogP contribution in [0.5, 0.6) is 5.88 Å². The van der Waals surface area contributed by atoms with Gasteiger partial charge < -0.3 is 5.11 Å². The Hall–Kier alpha value is -3.44. The topological polar surface area (TPSA) is 111 Å². The SMILES string of the molecule is Cc1cccc(-n2c(O)c(/C=N/c3sc4c(c3C#N)CCCC4)c(=O)[nH]c2=O)c1. The normalized spacial score (nSPS) is 13.4. The summed E-state index contributed by atoms with van der Waals surface area (Å²) in [7, 11) is 0. The third-order valence-electron chi connectivity index (χ3n) is 4.96. The standard InChI is InChI=1S/C21H18N4O3S/c1-12-5-4-6-13(9-12)25-20(27)16(18(26)24-21(25)28)11-23-19-15(10-22)14-7-2-3-8-17(14)29-19/h4-6,9,11,27H,2-3,7-8H2,1H3,(H,24,26,28)/b23-11+. The van der Waals surface area contributed by atoms with Gasteiger partial charge in [0.05, 0.1) is 11.3 Å². The molecule has 2 N–H and O–H groups in total. The molecule has 0 unspecified atom stereocenters. The number of nitrogens with zero attached hydrogens (tertiary/aromatic N) is 3. The molecule has 146 valence electrons. The van der Waals surface area contributed by atoms with Crippen molar-refractivity contribution in [2.75, 3.05) is 0 Å². The molecule has 8 heteroatoms. The lowest BCUT2D eigenvalue weighted by molar-refractivity contribution is 0.430. The average molecular weight is 406 g/mol. The molecule has 0 aliphatic heterocycles. The minimum Gasteiger partial charge on any atom is -0.493 e. The Kier molecular flexibility index (Phi) is 4.91. The molecule has 0 fully saturated rings. The van der Waals surface area contributed by atoms with Crippen molar-refractivity contribution in [1.29, 1.82) is 5.26 Å². The molecule has 1 aliphatic rings. The van der Waals surface area contributed by atoms with Crippen molar-refractivity contribution in [3.05, 3.63) is 72.2 Å². The fourth-order valence-electron chi connectivity index (χ4n) is 3.54. The first-order valence-electron chi connectivity index (χ1n) is 9.23. The first-order chi connectivity index (χ1) is 14.0. The van der Waals surface area contributed by atoms with Gasteiger partial charge in [-0.05, 0) is 55.9 Å². The van der Waals surface area contributed by atoms with E-state index in [1.807, 2.05) is 13.0 Å². The number of aliphatic imine (C=N–C) groups is 1. The molecule has 1 aromatic carbocycles. The number of benzene rings is 1. The molecular formula is C21H18N4O3S. The number of nitriles is 1. The summed E-state index contributed by atoms with van der Waals surface area (Å²) in [5.41, 5.74) is 1.30. The highest BCUT2D eigenvalue weighted by Crippen LogP contribution is 2.39. The zero-order valence-corrected chi connectivity index (χ0v) is 16.5. The number of nitrogens with one attached hydrogen (secondary N) is 1. The lowest BCUT2D eigenvalue weighted by atomic mass is 9.96. The Bertz CT molecular complexity index is 1290. The van der Waals surface area contributed by atoms with Gasteiger partial charge in [0.1, 0.15) is 16.6 Å². The van der Waals surface area contributed by atoms with Crippen LogP contribution < -0.4 is 11.2 Å². The predicted octanol–water partition coefficient (Wildman–Crippen LogP) is 3.10. The van der Waals surface area contributed by atoms with E-state index in [1.165, 1.54) is 17.6 Å². The third-order valence-corrected chi connectivity index (χ3v) is 6.16. The van der Waals surface area contributed by atoms with E-state index < -0.39 is 17.1 Å². The summed E-state index contributed by atoms with van der Waals surface area (Å²) in [6.07, 6.45) is 5.13. The number of H-pyrrole nitrogens is 1. The maximum absolute atomic E-state index is 12.3. The quantitative estimate of drug-likeness (QED) is 0.651. The molecule has 0 saturated heterocycles. The number of fused-ring (bicyclic) bond motifs is 1. The highest BCUT2D eigenvalue weighted by atomic mass is 32.1. The van der Waals surface area contributed by atoms with Crippen LogP contribution in [0.25, 0.3) is 5.69 Å². The number of aromatic nitrogens is 2. The van der Waals surface area contributed by atoms with Crippen LogP contribution in [0.15, 0.2) is 38.8 Å². The molecule has 0 amide bonds. The molecule has 29 heavy (non-hydrogen) atoms. The van der Waals surface area contributed by atoms with Gasteiger partial charge in [0, 0.05) is 11.1 Å². The van der Waals surface area contributed by atoms with Gasteiger partial charge in [-0.2, -0.15) is 5.26 Å². The molecule has 4 rings (SSSR count). The van der Waals surface area contributed by atoms with E-state index in [1.54, 1.807) is 18.2 Å². The highest BCUT2D eigenvalue weighted by Gasteiger charge is 2.21. The molecule has 2 aromatic heterocycles. The fraction of sp³-hybridized carbons (Fsp3) is 0.238. The Morgan fingerprint density at radius 2 is 2.10 bits per heavy atom. The Balaban J connectivity index is 1.82. The van der Waals surface area contributed by atoms with Gasteiger partial charge in [-0.3, -0.25) is 9.78 Å². The van der Waals surface area contributed by atoms with E-state index in [-0.39, 0.29) is 5.56 Å². The van der Waals surface area contributed by atoms with Gasteiger partial charge in [-0.15, -0.1) is 11.3 Å². The molecule has 0 atom stereocenters. The molecular weight excluding hydrogens is 388 g/mol. The summed E-state index contributed by atoms with van der Waals surface area (Å²) in [4.78, 5) is 32.3. The predicted molar refractivity (Wildman–Crippen MR) is 112 cm³/mol. The van der Waals surface area contributed by atoms with Crippen molar-refractivity contribution in [1.82, 2.24) is 9.55 Å². The van der Waals surface area contributed by atoms with Gasteiger partial charge in [0.25, 0.3) is 5.56 Å². The van der Waals surface area contributed by atoms with Gasteiger partial charge in [0.2, 0.25) is 5.88 Å². The Morgan fingerprint density at radius 1 is 1.31 bits per heavy atom. The second-order valence-electron chi connectivity index (χ2n) is 6.93. The van der Waals surface area contributed by atoms with E-state index >= 15 is 0 Å². The summed E-state index contributed by atoms with van der Waals surface area (Å²) in [6, 6.07) is 9.22. The Morgan fingerprint density at radius 3 is 2.86 bits per heavy atom. The number of aryl methyl sites for hydroxylation is 2. The number of thiophene rings is 1. The van der Waals surface area contributed by atoms with Crippen LogP contribution in [0, 0.1) is 18.3 Å². The summed E-state index contributed by atoms with van der Waals surface area (Å²) in [5, 5.41) is 20.7. The second-order valence-corrected chi connectivity index (χ2v) is 8.02. The minimum absolute atomic E-state index is 0.138. The van der Waals surface area contributed by atoms with Crippen LogP contribution in [0.2, 0.25) is 0 Å². The van der Waals surface area contributed by atoms with Crippen LogP contribution in [0.4, 0.5) is 5.00 Å². The smallest absolute Gasteiger partial charge is 0.335 e. The Labute approximate surface area is 170 Å². The zero-order valence-electron chi connectivity index (χ0n) is 15.7. The first kappa shape index (κ1) is 18.9. The number of hydrogen-bond acceptors (Lipinski definition) is 6. The molecule has 0 bridgehead atoms. The van der Waals surface area contributed by atoms with Crippen molar-refractivity contribution in [2.24, 2.45) is 4.99 Å². The fourth-order valence-corrected chi connectivity index (χ4v) is 4.73. The first-order valence-corrected chi connectivity index (χ1v) is 10.0. The van der Waals surface area contributed by atoms with Gasteiger partial charge >= 0.3 is 5.69 Å². The number of aromatic hydroxyl groups is 1. The van der Waals surface area contributed by atoms with E-state index in [2.05, 4.69) is 16.0 Å². The molecule has 7 nitrogen and oxygen atoms in total. The van der Waals surface area contributed by atoms with Crippen molar-refractivity contribution in [2.45, 2.75) is 32.6 Å². The average Bonchev–Trinajstić information content (AvgIpc) is 3.05. The number of hydrogen-bond donors (Lipinski definition) is 2. The molecule has 3 aromatic rings. The molecule has 2 heterocycles. The van der Waals surface area contributed by atoms with Gasteiger partial charge in [-0.25, -0.2) is 14.4 Å². The third kappa shape index (κ3) is 3.41. The largest absolute Gasteiger partial charge is 0.493 e. The van der Waals surface area contributed by atoms with Crippen LogP contribution in [-0.4, -0.2) is 20.9 Å². The lowest BCUT2D eigenvalue weighted by Crippen LogP contribution is -2.31. The number of rotatable bonds is 3. The van der Waals surface area contributed by atoms with Crippen LogP contribution in [0.1, 0.15) is 40.0 Å². The van der Waals surface area contributed by atoms with Crippen LogP contribution in [0.3, 0.4) is 0 Å². The van der Waals surface area contributed by atoms with E-state index in [9.17, 15) is 20.0 Å². The summed E-state index contributed by atoms with van der Waals surface area (Å²) >= 11 is 1.44. The second kappa shape index (κ2) is 7.53. The maximum atomic E-state index is 12.3. The van der Waals surface area contributed by atoms with Crippen molar-refractivity contribution in [3.63, 3.8) is 0 Å². The summed E-state index contributed by atoms with van der Waals surface area (Å²) in [6.45, 7) is 1.86. The van der Waals surface area contributed by atoms with Crippen LogP contribution in [-0.2, 0) is 12.8 Å². The monoisotopic (exact) mass is 406 g/mol. The lowest BCUT2D eigenvalue weighted by Gasteiger charge is -2.10. The van der Waals surface area contributed by atoms with Crippen molar-refractivity contribution < 1.29 is 5.11 Å². The van der Waals surface area contributed by atoms with Crippen LogP contribution >= 0.6 is 11.3 Å². The zero-order chi connectivity index (χ0) is 20.5. The molecule has 0 saturated carbocycles. The minimum atomic E-state index is -0.737. The van der Waals surface area contributed by atoms with Crippen molar-refractivity contribution in [3.8, 4) is 17.6 Å². The maximum Gasteiger partial charge on any atom is 0.335 e. The van der Waals surface area contributed by atoms with Gasteiger partial charge in [0.15, 0.2) is 0 Å². The molecule has 0 spiro atoms. The van der Waals surface area contributed by atoms with E-state index in [0.717, 1.165) is 46.3 Å². The van der Waals surface area contributed by atoms with E-state index in [4.69, 9.17) is 0 Å². The highest BCUT2D eigenvalue weighted by molar-refractivity contribution is 7.16. The molecule has 1 aliphatic carbocycles. The van der Waals surface area contributed by atoms with Crippen molar-refractivity contribution >= 4 is 22.6 Å². The molecule has 0 radical (unpaired) electrons. The summed E-state index contributed by atoms with van der Waals surface area (Å²) in [5.74, 6) is -0.493. The van der Waals surface area contributed by atoms with E-state index in [0.29, 0.717) is 16.3 Å². The summed E-state index contributed by atoms with van der Waals surface area (Å²) < 4.78 is 1.03. The van der Waals surface area contributed by atoms with Gasteiger partial charge in [-0.1, -0.05) is 12.1 Å².